The Morgan fingerprint density at radius 2 is 1.69 bits per heavy atom. The second kappa shape index (κ2) is 9.54. The normalized spacial score (nSPS) is 10.6. The monoisotopic (exact) mass is 391 g/mol. The van der Waals surface area contributed by atoms with E-state index < -0.39 is 0 Å². The lowest BCUT2D eigenvalue weighted by atomic mass is 10.1. The van der Waals surface area contributed by atoms with Gasteiger partial charge in [0, 0.05) is 36.2 Å². The molecule has 0 fully saturated rings. The fraction of sp³-hybridized carbons (Fsp3) is 0.227. The molecule has 0 unspecified atom stereocenters. The van der Waals surface area contributed by atoms with E-state index >= 15 is 0 Å². The standard InChI is InChI=1S/C22H25N5O2/c1-16(2)25-22(29)26-20-10-6-17(7-11-20)14-23-21(28)19-8-4-18(5-9-19)15-27-13-3-12-24-27/h3-13,16H,14-15H2,1-2H3,(H,23,28)(H2,25,26,29). The smallest absolute Gasteiger partial charge is 0.319 e. The Kier molecular flexibility index (Phi) is 6.63. The summed E-state index contributed by atoms with van der Waals surface area (Å²) in [7, 11) is 0. The summed E-state index contributed by atoms with van der Waals surface area (Å²) in [5.74, 6) is -0.130. The Hall–Kier alpha value is -3.61. The minimum absolute atomic E-state index is 0.0733. The Balaban J connectivity index is 1.49. The van der Waals surface area contributed by atoms with Gasteiger partial charge in [0.2, 0.25) is 0 Å². The van der Waals surface area contributed by atoms with Crippen LogP contribution in [0.1, 0.15) is 35.3 Å². The highest BCUT2D eigenvalue weighted by molar-refractivity contribution is 5.94. The molecule has 0 saturated carbocycles. The second-order valence-electron chi connectivity index (χ2n) is 7.03. The summed E-state index contributed by atoms with van der Waals surface area (Å²) < 4.78 is 1.83. The molecule has 1 aromatic heterocycles. The maximum Gasteiger partial charge on any atom is 0.319 e. The minimum atomic E-state index is -0.239. The largest absolute Gasteiger partial charge is 0.348 e. The van der Waals surface area contributed by atoms with Crippen molar-refractivity contribution < 1.29 is 9.59 Å². The van der Waals surface area contributed by atoms with Crippen LogP contribution in [0.4, 0.5) is 10.5 Å². The number of benzene rings is 2. The van der Waals surface area contributed by atoms with E-state index in [9.17, 15) is 9.59 Å². The van der Waals surface area contributed by atoms with Gasteiger partial charge in [-0.1, -0.05) is 24.3 Å². The number of aromatic nitrogens is 2. The Morgan fingerprint density at radius 3 is 2.31 bits per heavy atom. The minimum Gasteiger partial charge on any atom is -0.348 e. The van der Waals surface area contributed by atoms with Crippen LogP contribution < -0.4 is 16.0 Å². The number of hydrogen-bond acceptors (Lipinski definition) is 3. The van der Waals surface area contributed by atoms with Crippen LogP contribution in [0.3, 0.4) is 0 Å². The van der Waals surface area contributed by atoms with Crippen molar-refractivity contribution in [3.63, 3.8) is 0 Å². The lowest BCUT2D eigenvalue weighted by Gasteiger charge is -2.11. The molecule has 0 saturated heterocycles. The lowest BCUT2D eigenvalue weighted by molar-refractivity contribution is 0.0951. The van der Waals surface area contributed by atoms with Gasteiger partial charge in [-0.25, -0.2) is 4.79 Å². The number of carbonyl (C=O) groups excluding carboxylic acids is 2. The van der Waals surface area contributed by atoms with Crippen molar-refractivity contribution in [1.82, 2.24) is 20.4 Å². The summed E-state index contributed by atoms with van der Waals surface area (Å²) in [6.07, 6.45) is 3.64. The van der Waals surface area contributed by atoms with Gasteiger partial charge in [-0.15, -0.1) is 0 Å². The summed E-state index contributed by atoms with van der Waals surface area (Å²) in [6, 6.07) is 16.6. The second-order valence-corrected chi connectivity index (χ2v) is 7.03. The number of nitrogens with one attached hydrogen (secondary N) is 3. The molecule has 150 valence electrons. The van der Waals surface area contributed by atoms with Crippen LogP contribution >= 0.6 is 0 Å². The van der Waals surface area contributed by atoms with E-state index in [0.29, 0.717) is 24.3 Å². The molecule has 3 aromatic rings. The summed E-state index contributed by atoms with van der Waals surface area (Å²) in [5.41, 5.74) is 3.34. The molecular weight excluding hydrogens is 366 g/mol. The zero-order valence-corrected chi connectivity index (χ0v) is 16.6. The van der Waals surface area contributed by atoms with Crippen molar-refractivity contribution in [3.05, 3.63) is 83.7 Å². The van der Waals surface area contributed by atoms with Gasteiger partial charge in [0.05, 0.1) is 6.54 Å². The Morgan fingerprint density at radius 1 is 1.00 bits per heavy atom. The summed E-state index contributed by atoms with van der Waals surface area (Å²) in [6.45, 7) is 4.88. The molecule has 29 heavy (non-hydrogen) atoms. The van der Waals surface area contributed by atoms with E-state index in [1.807, 2.05) is 79.3 Å². The molecule has 0 aliphatic carbocycles. The third kappa shape index (κ3) is 6.21. The zero-order chi connectivity index (χ0) is 20.6. The van der Waals surface area contributed by atoms with Crippen molar-refractivity contribution in [1.29, 1.82) is 0 Å². The van der Waals surface area contributed by atoms with Crippen LogP contribution in [-0.2, 0) is 13.1 Å². The maximum atomic E-state index is 12.4. The van der Waals surface area contributed by atoms with Gasteiger partial charge in [0.1, 0.15) is 0 Å². The van der Waals surface area contributed by atoms with E-state index in [1.54, 1.807) is 6.20 Å². The first-order chi connectivity index (χ1) is 14.0. The van der Waals surface area contributed by atoms with Crippen molar-refractivity contribution in [3.8, 4) is 0 Å². The summed E-state index contributed by atoms with van der Waals surface area (Å²) >= 11 is 0. The molecule has 1 heterocycles. The first-order valence-corrected chi connectivity index (χ1v) is 9.50. The first-order valence-electron chi connectivity index (χ1n) is 9.50. The van der Waals surface area contributed by atoms with Gasteiger partial charge in [-0.2, -0.15) is 5.10 Å². The molecule has 3 rings (SSSR count). The SMILES string of the molecule is CC(C)NC(=O)Nc1ccc(CNC(=O)c2ccc(Cn3cccn3)cc2)cc1. The number of nitrogens with zero attached hydrogens (tertiary/aromatic N) is 2. The molecule has 0 spiro atoms. The topological polar surface area (TPSA) is 88.0 Å². The third-order valence-electron chi connectivity index (χ3n) is 4.20. The molecule has 0 aliphatic heterocycles. The van der Waals surface area contributed by atoms with Gasteiger partial charge in [-0.3, -0.25) is 9.48 Å². The zero-order valence-electron chi connectivity index (χ0n) is 16.6. The van der Waals surface area contributed by atoms with Gasteiger partial charge in [0.15, 0.2) is 0 Å². The van der Waals surface area contributed by atoms with Crippen molar-refractivity contribution in [2.24, 2.45) is 0 Å². The van der Waals surface area contributed by atoms with E-state index in [-0.39, 0.29) is 18.0 Å². The Labute approximate surface area is 170 Å². The van der Waals surface area contributed by atoms with Crippen molar-refractivity contribution >= 4 is 17.6 Å². The van der Waals surface area contributed by atoms with Crippen LogP contribution in [0, 0.1) is 0 Å². The fourth-order valence-electron chi connectivity index (χ4n) is 2.76. The number of anilines is 1. The van der Waals surface area contributed by atoms with Gasteiger partial charge >= 0.3 is 6.03 Å². The average Bonchev–Trinajstić information content (AvgIpc) is 3.20. The number of urea groups is 1. The van der Waals surface area contributed by atoms with Crippen molar-refractivity contribution in [2.45, 2.75) is 33.0 Å². The Bertz CT molecular complexity index is 932. The molecule has 7 nitrogen and oxygen atoms in total. The number of hydrogen-bond donors (Lipinski definition) is 3. The molecule has 7 heteroatoms. The van der Waals surface area contributed by atoms with E-state index in [4.69, 9.17) is 0 Å². The molecule has 0 aliphatic rings. The molecule has 3 N–H and O–H groups in total. The molecule has 0 atom stereocenters. The van der Waals surface area contributed by atoms with Gasteiger partial charge in [0.25, 0.3) is 5.91 Å². The van der Waals surface area contributed by atoms with Gasteiger partial charge in [-0.05, 0) is 55.3 Å². The predicted octanol–water partition coefficient (Wildman–Crippen LogP) is 3.39. The highest BCUT2D eigenvalue weighted by Crippen LogP contribution is 2.10. The van der Waals surface area contributed by atoms with Crippen LogP contribution in [0.5, 0.6) is 0 Å². The van der Waals surface area contributed by atoms with Gasteiger partial charge < -0.3 is 16.0 Å². The molecule has 3 amide bonds. The third-order valence-corrected chi connectivity index (χ3v) is 4.20. The fourth-order valence-corrected chi connectivity index (χ4v) is 2.76. The molecular formula is C22H25N5O2. The van der Waals surface area contributed by atoms with Crippen molar-refractivity contribution in [2.75, 3.05) is 5.32 Å². The summed E-state index contributed by atoms with van der Waals surface area (Å²) in [4.78, 5) is 24.1. The van der Waals surface area contributed by atoms with Crippen LogP contribution in [-0.4, -0.2) is 27.8 Å². The predicted molar refractivity (Wildman–Crippen MR) is 113 cm³/mol. The number of rotatable bonds is 7. The molecule has 2 aromatic carbocycles. The molecule has 0 radical (unpaired) electrons. The highest BCUT2D eigenvalue weighted by Gasteiger charge is 2.07. The first kappa shape index (κ1) is 20.1. The number of amides is 3. The maximum absolute atomic E-state index is 12.4. The summed E-state index contributed by atoms with van der Waals surface area (Å²) in [5, 5.41) is 12.6. The average molecular weight is 391 g/mol. The molecule has 0 bridgehead atoms. The number of carbonyl (C=O) groups is 2. The van der Waals surface area contributed by atoms with E-state index in [1.165, 1.54) is 0 Å². The highest BCUT2D eigenvalue weighted by atomic mass is 16.2. The lowest BCUT2D eigenvalue weighted by Crippen LogP contribution is -2.34. The van der Waals surface area contributed by atoms with Crippen LogP contribution in [0.15, 0.2) is 67.0 Å². The van der Waals surface area contributed by atoms with E-state index in [0.717, 1.165) is 11.1 Å². The quantitative estimate of drug-likeness (QED) is 0.577. The van der Waals surface area contributed by atoms with Crippen LogP contribution in [0.25, 0.3) is 0 Å². The van der Waals surface area contributed by atoms with E-state index in [2.05, 4.69) is 21.0 Å². The van der Waals surface area contributed by atoms with Crippen LogP contribution in [0.2, 0.25) is 0 Å².